The number of nitrogens with zero attached hydrogens (tertiary/aromatic N) is 3. The molecule has 33 heavy (non-hydrogen) atoms. The molecule has 0 saturated carbocycles. The highest BCUT2D eigenvalue weighted by atomic mass is 35.5. The molecule has 10 heteroatoms. The zero-order chi connectivity index (χ0) is 24.5. The molecule has 0 saturated heterocycles. The molecular formula is C23H24ClN3O5S. The second-order valence-corrected chi connectivity index (χ2v) is 9.91. The highest BCUT2D eigenvalue weighted by Gasteiger charge is 2.31. The minimum atomic E-state index is -4.29. The van der Waals surface area contributed by atoms with Crippen LogP contribution in [0.15, 0.2) is 70.4 Å². The number of carbonyl (C=O) groups is 1. The van der Waals surface area contributed by atoms with Crippen molar-refractivity contribution in [2.24, 2.45) is 7.05 Å². The van der Waals surface area contributed by atoms with Gasteiger partial charge in [0.2, 0.25) is 0 Å². The molecule has 8 nitrogen and oxygen atoms in total. The number of carbonyl (C=O) groups excluding carboxylic acids is 1. The van der Waals surface area contributed by atoms with E-state index in [1.165, 1.54) is 23.9 Å². The lowest BCUT2D eigenvalue weighted by Gasteiger charge is -2.19. The second-order valence-electron chi connectivity index (χ2n) is 7.56. The van der Waals surface area contributed by atoms with Gasteiger partial charge in [-0.2, -0.15) is 0 Å². The molecule has 0 unspecified atom stereocenters. The van der Waals surface area contributed by atoms with Gasteiger partial charge >= 0.3 is 5.97 Å². The Morgan fingerprint density at radius 1 is 1.18 bits per heavy atom. The van der Waals surface area contributed by atoms with Crippen molar-refractivity contribution in [3.63, 3.8) is 0 Å². The van der Waals surface area contributed by atoms with Crippen molar-refractivity contribution in [1.29, 1.82) is 0 Å². The number of hydrogen-bond donors (Lipinski definition) is 0. The molecule has 3 aromatic rings. The molecule has 0 N–H and O–H groups in total. The van der Waals surface area contributed by atoms with Gasteiger partial charge in [-0.25, -0.2) is 17.9 Å². The summed E-state index contributed by atoms with van der Waals surface area (Å²) >= 11 is 6.20. The Hall–Kier alpha value is -3.30. The number of esters is 1. The van der Waals surface area contributed by atoms with Gasteiger partial charge < -0.3 is 4.74 Å². The van der Waals surface area contributed by atoms with Crippen molar-refractivity contribution in [1.82, 2.24) is 9.36 Å². The molecule has 0 fully saturated rings. The molecule has 2 aromatic carbocycles. The van der Waals surface area contributed by atoms with Gasteiger partial charge in [0.25, 0.3) is 15.6 Å². The first kappa shape index (κ1) is 24.3. The average molecular weight is 490 g/mol. The van der Waals surface area contributed by atoms with Crippen LogP contribution in [-0.4, -0.2) is 37.4 Å². The molecule has 0 aliphatic heterocycles. The highest BCUT2D eigenvalue weighted by Crippen LogP contribution is 2.29. The summed E-state index contributed by atoms with van der Waals surface area (Å²) in [4.78, 5) is 25.3. The summed E-state index contributed by atoms with van der Waals surface area (Å²) < 4.78 is 35.9. The van der Waals surface area contributed by atoms with Crippen molar-refractivity contribution < 1.29 is 17.9 Å². The molecule has 0 aliphatic rings. The number of benzene rings is 2. The third-order valence-electron chi connectivity index (χ3n) is 5.09. The van der Waals surface area contributed by atoms with Gasteiger partial charge in [-0.3, -0.25) is 13.8 Å². The quantitative estimate of drug-likeness (QED) is 0.373. The SMILES string of the molecule is C=C(C)COC(=O)c1ccc(Cl)c(S(=O)(=O)N(C)c2c(C)n(C)n(-c3ccccc3)c2=O)c1. The summed E-state index contributed by atoms with van der Waals surface area (Å²) in [5.74, 6) is -0.712. The molecule has 0 radical (unpaired) electrons. The van der Waals surface area contributed by atoms with Gasteiger partial charge in [-0.15, -0.1) is 0 Å². The molecule has 174 valence electrons. The van der Waals surface area contributed by atoms with Gasteiger partial charge in [0, 0.05) is 14.1 Å². The Kier molecular flexibility index (Phi) is 6.85. The van der Waals surface area contributed by atoms with Gasteiger partial charge in [0.15, 0.2) is 0 Å². The van der Waals surface area contributed by atoms with E-state index in [1.807, 2.05) is 6.07 Å². The maximum absolute atomic E-state index is 13.5. The van der Waals surface area contributed by atoms with E-state index < -0.39 is 21.6 Å². The average Bonchev–Trinajstić information content (AvgIpc) is 3.00. The topological polar surface area (TPSA) is 90.6 Å². The molecule has 0 bridgehead atoms. The smallest absolute Gasteiger partial charge is 0.338 e. The third kappa shape index (κ3) is 4.60. The fourth-order valence-corrected chi connectivity index (χ4v) is 5.03. The lowest BCUT2D eigenvalue weighted by atomic mass is 10.2. The molecular weight excluding hydrogens is 466 g/mol. The lowest BCUT2D eigenvalue weighted by molar-refractivity contribution is 0.0540. The number of aromatic nitrogens is 2. The summed E-state index contributed by atoms with van der Waals surface area (Å²) in [5.41, 5.74) is 1.12. The molecule has 0 amide bonds. The number of para-hydroxylation sites is 1. The largest absolute Gasteiger partial charge is 0.458 e. The van der Waals surface area contributed by atoms with E-state index in [0.29, 0.717) is 17.0 Å². The van der Waals surface area contributed by atoms with Crippen molar-refractivity contribution in [2.45, 2.75) is 18.7 Å². The summed E-state index contributed by atoms with van der Waals surface area (Å²) in [6.45, 7) is 7.01. The monoisotopic (exact) mass is 489 g/mol. The fraction of sp³-hybridized carbons (Fsp3) is 0.217. The van der Waals surface area contributed by atoms with E-state index in [1.54, 1.807) is 49.8 Å². The minimum Gasteiger partial charge on any atom is -0.458 e. The van der Waals surface area contributed by atoms with Crippen molar-refractivity contribution in [2.75, 3.05) is 18.0 Å². The Bertz CT molecular complexity index is 1390. The van der Waals surface area contributed by atoms with Crippen molar-refractivity contribution in [3.8, 4) is 5.69 Å². The zero-order valence-corrected chi connectivity index (χ0v) is 20.3. The molecule has 0 atom stereocenters. The Balaban J connectivity index is 2.08. The van der Waals surface area contributed by atoms with Gasteiger partial charge in [-0.05, 0) is 49.8 Å². The Morgan fingerprint density at radius 2 is 1.82 bits per heavy atom. The van der Waals surface area contributed by atoms with E-state index in [2.05, 4.69) is 6.58 Å². The summed E-state index contributed by atoms with van der Waals surface area (Å²) in [6, 6.07) is 12.7. The minimum absolute atomic E-state index is 0.00564. The molecule has 1 heterocycles. The first-order valence-corrected chi connectivity index (χ1v) is 11.7. The van der Waals surface area contributed by atoms with Crippen LogP contribution < -0.4 is 9.86 Å². The fourth-order valence-electron chi connectivity index (χ4n) is 3.28. The van der Waals surface area contributed by atoms with E-state index in [0.717, 1.165) is 10.4 Å². The molecule has 0 spiro atoms. The Labute approximate surface area is 197 Å². The van der Waals surface area contributed by atoms with E-state index in [9.17, 15) is 18.0 Å². The number of hydrogen-bond acceptors (Lipinski definition) is 5. The van der Waals surface area contributed by atoms with Crippen LogP contribution in [0.5, 0.6) is 0 Å². The van der Waals surface area contributed by atoms with Crippen LogP contribution in [0.3, 0.4) is 0 Å². The maximum atomic E-state index is 13.5. The number of sulfonamides is 1. The summed E-state index contributed by atoms with van der Waals surface area (Å²) in [5, 5.41) is -0.0877. The number of anilines is 1. The predicted octanol–water partition coefficient (Wildman–Crippen LogP) is 3.70. The first-order valence-electron chi connectivity index (χ1n) is 9.90. The lowest BCUT2D eigenvalue weighted by Crippen LogP contribution is -2.32. The standard InChI is InChI=1S/C23H24ClN3O5S/c1-15(2)14-32-23(29)17-11-12-19(24)20(13-17)33(30,31)26(5)21-16(3)25(4)27(22(21)28)18-9-7-6-8-10-18/h6-13H,1,14H2,2-5H3. The predicted molar refractivity (Wildman–Crippen MR) is 128 cm³/mol. The van der Waals surface area contributed by atoms with Gasteiger partial charge in [-0.1, -0.05) is 36.4 Å². The van der Waals surface area contributed by atoms with Crippen LogP contribution >= 0.6 is 11.6 Å². The van der Waals surface area contributed by atoms with E-state index in [-0.39, 0.29) is 27.8 Å². The van der Waals surface area contributed by atoms with Crippen LogP contribution in [-0.2, 0) is 21.8 Å². The van der Waals surface area contributed by atoms with Crippen LogP contribution in [0.25, 0.3) is 5.69 Å². The van der Waals surface area contributed by atoms with Crippen LogP contribution in [0.1, 0.15) is 23.0 Å². The maximum Gasteiger partial charge on any atom is 0.338 e. The number of ether oxygens (including phenoxy) is 1. The second kappa shape index (κ2) is 9.29. The van der Waals surface area contributed by atoms with Crippen LogP contribution in [0, 0.1) is 6.92 Å². The molecule has 0 aliphatic carbocycles. The Morgan fingerprint density at radius 3 is 2.42 bits per heavy atom. The number of rotatable bonds is 7. The van der Waals surface area contributed by atoms with Crippen LogP contribution in [0.4, 0.5) is 5.69 Å². The summed E-state index contributed by atoms with van der Waals surface area (Å²) in [6.07, 6.45) is 0. The van der Waals surface area contributed by atoms with Crippen molar-refractivity contribution in [3.05, 3.63) is 87.3 Å². The normalized spacial score (nSPS) is 11.3. The van der Waals surface area contributed by atoms with Crippen LogP contribution in [0.2, 0.25) is 5.02 Å². The highest BCUT2D eigenvalue weighted by molar-refractivity contribution is 7.93. The zero-order valence-electron chi connectivity index (χ0n) is 18.7. The van der Waals surface area contributed by atoms with Crippen molar-refractivity contribution >= 4 is 33.3 Å². The molecule has 1 aromatic heterocycles. The first-order chi connectivity index (χ1) is 15.5. The van der Waals surface area contributed by atoms with E-state index >= 15 is 0 Å². The number of halogens is 1. The van der Waals surface area contributed by atoms with E-state index in [4.69, 9.17) is 16.3 Å². The van der Waals surface area contributed by atoms with Gasteiger partial charge in [0.1, 0.15) is 17.2 Å². The third-order valence-corrected chi connectivity index (χ3v) is 7.33. The molecule has 3 rings (SSSR count). The van der Waals surface area contributed by atoms with Gasteiger partial charge in [0.05, 0.1) is 22.0 Å². The summed E-state index contributed by atoms with van der Waals surface area (Å²) in [7, 11) is -1.35.